The normalized spacial score (nSPS) is 11.8. The number of fused-ring (bicyclic) bond motifs is 6. The number of pyridine rings is 1. The maximum atomic E-state index is 10.0. The third kappa shape index (κ3) is 7.07. The summed E-state index contributed by atoms with van der Waals surface area (Å²) in [5.41, 5.74) is 6.18. The van der Waals surface area contributed by atoms with E-state index in [1.54, 1.807) is 0 Å². The van der Waals surface area contributed by atoms with Crippen LogP contribution in [0.5, 0.6) is 0 Å². The van der Waals surface area contributed by atoms with Gasteiger partial charge in [0.15, 0.2) is 5.78 Å². The minimum absolute atomic E-state index is 0. The smallest absolute Gasteiger partial charge is 0.155 e. The topological polar surface area (TPSA) is 41.2 Å². The molecule has 1 radical (unpaired) electrons. The van der Waals surface area contributed by atoms with Crippen LogP contribution in [0.4, 0.5) is 0 Å². The van der Waals surface area contributed by atoms with Gasteiger partial charge in [-0.1, -0.05) is 87.2 Å². The Morgan fingerprint density at radius 2 is 1.57 bits per heavy atom. The van der Waals surface area contributed by atoms with Crippen LogP contribution in [0.25, 0.3) is 53.1 Å². The molecule has 6 rings (SSSR count). The molecule has 2 aromatic heterocycles. The second-order valence-corrected chi connectivity index (χ2v) is 13.3. The van der Waals surface area contributed by atoms with Gasteiger partial charge in [0, 0.05) is 43.3 Å². The largest absolute Gasteiger partial charge is 0.512 e. The Morgan fingerprint density at radius 1 is 0.909 bits per heavy atom. The fourth-order valence-electron chi connectivity index (χ4n) is 5.92. The van der Waals surface area contributed by atoms with E-state index in [1.165, 1.54) is 78.5 Å². The van der Waals surface area contributed by atoms with Gasteiger partial charge < -0.3 is 9.67 Å². The number of aromatic nitrogens is 1. The molecular weight excluding hydrogens is 739 g/mol. The number of carbonyl (C=O) groups excluding carboxylic acids is 1. The predicted octanol–water partition coefficient (Wildman–Crippen LogP) is 10.2. The number of aliphatic hydroxyl groups excluding tert-OH is 1. The SMILES string of the molecule is CC(=O)/C=C(/C)O.[CH2-][n+]1c(-c2[c-]c(CC(C)C)cc3c2sc2ccccc23)cc(CC(C)C)c2c3ccccc3ccc21.[Ir]. The number of thiophene rings is 1. The van der Waals surface area contributed by atoms with Crippen LogP contribution in [-0.4, -0.2) is 10.9 Å². The molecule has 0 spiro atoms. The Bertz CT molecular complexity index is 2000. The molecule has 1 N–H and O–H groups in total. The molecule has 0 aliphatic heterocycles. The van der Waals surface area contributed by atoms with E-state index in [-0.39, 0.29) is 31.6 Å². The Hall–Kier alpha value is -3.50. The van der Waals surface area contributed by atoms with Crippen molar-refractivity contribution < 1.29 is 34.6 Å². The fraction of sp³-hybridized carbons (Fsp3) is 0.256. The Kier molecular flexibility index (Phi) is 10.7. The van der Waals surface area contributed by atoms with Crippen molar-refractivity contribution >= 4 is 59.0 Å². The van der Waals surface area contributed by atoms with Gasteiger partial charge in [-0.3, -0.25) is 4.79 Å². The molecule has 0 unspecified atom stereocenters. The summed E-state index contributed by atoms with van der Waals surface area (Å²) in [6, 6.07) is 30.6. The van der Waals surface area contributed by atoms with Crippen molar-refractivity contribution in [3.8, 4) is 11.3 Å². The minimum atomic E-state index is -0.125. The number of hydrogen-bond acceptors (Lipinski definition) is 3. The summed E-state index contributed by atoms with van der Waals surface area (Å²) in [6.45, 7) is 12.0. The van der Waals surface area contributed by atoms with Crippen LogP contribution in [0.15, 0.2) is 84.6 Å². The second kappa shape index (κ2) is 14.1. The first kappa shape index (κ1) is 33.4. The van der Waals surface area contributed by atoms with Gasteiger partial charge in [0.2, 0.25) is 0 Å². The molecule has 0 aliphatic carbocycles. The number of benzene rings is 4. The number of ketones is 1. The summed E-state index contributed by atoms with van der Waals surface area (Å²) in [5, 5.41) is 14.9. The van der Waals surface area contributed by atoms with Gasteiger partial charge >= 0.3 is 0 Å². The second-order valence-electron chi connectivity index (χ2n) is 12.3. The van der Waals surface area contributed by atoms with E-state index < -0.39 is 0 Å². The number of allylic oxidation sites excluding steroid dienone is 2. The summed E-state index contributed by atoms with van der Waals surface area (Å²) in [5.74, 6) is 1.07. The van der Waals surface area contributed by atoms with Crippen LogP contribution in [0.2, 0.25) is 0 Å². The molecule has 229 valence electrons. The monoisotopic (exact) mass is 779 g/mol. The quantitative estimate of drug-likeness (QED) is 0.0602. The zero-order valence-electron chi connectivity index (χ0n) is 26.3. The molecule has 44 heavy (non-hydrogen) atoms. The molecule has 4 aromatic carbocycles. The first-order valence-electron chi connectivity index (χ1n) is 15.0. The van der Waals surface area contributed by atoms with E-state index >= 15 is 0 Å². The summed E-state index contributed by atoms with van der Waals surface area (Å²) in [4.78, 5) is 10.0. The predicted molar refractivity (Wildman–Crippen MR) is 184 cm³/mol. The zero-order valence-corrected chi connectivity index (χ0v) is 29.5. The van der Waals surface area contributed by atoms with Crippen LogP contribution in [0.1, 0.15) is 52.7 Å². The van der Waals surface area contributed by atoms with Gasteiger partial charge in [0.05, 0.1) is 5.76 Å². The summed E-state index contributed by atoms with van der Waals surface area (Å²) < 4.78 is 4.78. The van der Waals surface area contributed by atoms with Crippen LogP contribution in [-0.2, 0) is 37.7 Å². The standard InChI is InChI=1S/C34H32NS.C5H8O2.Ir/c1-21(2)16-23-18-28-27-12-8-9-13-32(27)36-34(28)29(19-23)31-20-25(17-22(3)4)33-26-11-7-6-10-24(26)14-15-30(33)35(31)5;1-4(6)3-5(2)7;/h6-15,18,20-22H,5,16-17H2,1-4H3;3,6H,1-2H3;/q-1;;/b;4-3-;. The minimum Gasteiger partial charge on any atom is -0.512 e. The molecule has 0 amide bonds. The molecule has 6 aromatic rings. The van der Waals surface area contributed by atoms with E-state index in [9.17, 15) is 4.79 Å². The van der Waals surface area contributed by atoms with E-state index in [4.69, 9.17) is 5.11 Å². The van der Waals surface area contributed by atoms with Crippen molar-refractivity contribution in [2.45, 2.75) is 54.4 Å². The number of hydrogen-bond donors (Lipinski definition) is 1. The van der Waals surface area contributed by atoms with Gasteiger partial charge in [-0.15, -0.1) is 17.7 Å². The Labute approximate surface area is 278 Å². The summed E-state index contributed by atoms with van der Waals surface area (Å²) >= 11 is 1.87. The molecule has 0 saturated heterocycles. The average Bonchev–Trinajstić information content (AvgIpc) is 3.31. The zero-order chi connectivity index (χ0) is 30.8. The number of aliphatic hydroxyl groups is 1. The number of nitrogens with zero attached hydrogens (tertiary/aromatic N) is 1. The van der Waals surface area contributed by atoms with Crippen LogP contribution < -0.4 is 4.57 Å². The first-order valence-corrected chi connectivity index (χ1v) is 15.8. The fourth-order valence-corrected chi connectivity index (χ4v) is 7.11. The molecule has 0 bridgehead atoms. The van der Waals surface area contributed by atoms with E-state index in [0.717, 1.165) is 18.5 Å². The maximum absolute atomic E-state index is 10.0. The van der Waals surface area contributed by atoms with E-state index in [0.29, 0.717) is 11.8 Å². The van der Waals surface area contributed by atoms with Crippen molar-refractivity contribution in [3.63, 3.8) is 0 Å². The molecule has 3 nitrogen and oxygen atoms in total. The van der Waals surface area contributed by atoms with Gasteiger partial charge in [-0.25, -0.2) is 0 Å². The third-order valence-electron chi connectivity index (χ3n) is 7.51. The van der Waals surface area contributed by atoms with Gasteiger partial charge in [-0.2, -0.15) is 11.3 Å². The number of carbonyl (C=O) groups is 1. The summed E-state index contributed by atoms with van der Waals surface area (Å²) in [6.07, 6.45) is 3.21. The van der Waals surface area contributed by atoms with Crippen LogP contribution in [0, 0.1) is 24.9 Å². The van der Waals surface area contributed by atoms with Gasteiger partial charge in [-0.05, 0) is 83.1 Å². The van der Waals surface area contributed by atoms with Gasteiger partial charge in [0.1, 0.15) is 11.2 Å². The van der Waals surface area contributed by atoms with Crippen molar-refractivity contribution in [3.05, 3.63) is 109 Å². The van der Waals surface area contributed by atoms with E-state index in [1.807, 2.05) is 11.3 Å². The van der Waals surface area contributed by atoms with Crippen LogP contribution >= 0.6 is 11.3 Å². The van der Waals surface area contributed by atoms with Gasteiger partial charge in [0.25, 0.3) is 0 Å². The average molecular weight is 779 g/mol. The Balaban J connectivity index is 0.000000497. The third-order valence-corrected chi connectivity index (χ3v) is 8.71. The first-order chi connectivity index (χ1) is 20.5. The molecule has 0 saturated carbocycles. The molecule has 0 fully saturated rings. The maximum Gasteiger partial charge on any atom is 0.155 e. The molecule has 2 heterocycles. The Morgan fingerprint density at radius 3 is 2.20 bits per heavy atom. The van der Waals surface area contributed by atoms with Crippen molar-refractivity contribution in [1.29, 1.82) is 0 Å². The van der Waals surface area contributed by atoms with Crippen molar-refractivity contribution in [2.75, 3.05) is 0 Å². The molecule has 0 aliphatic rings. The van der Waals surface area contributed by atoms with Crippen molar-refractivity contribution in [1.82, 2.24) is 0 Å². The van der Waals surface area contributed by atoms with E-state index in [2.05, 4.69) is 118 Å². The molecule has 5 heteroatoms. The summed E-state index contributed by atoms with van der Waals surface area (Å²) in [7, 11) is 4.60. The molecule has 0 atom stereocenters. The van der Waals surface area contributed by atoms with Crippen molar-refractivity contribution in [2.24, 2.45) is 11.8 Å². The van der Waals surface area contributed by atoms with Crippen LogP contribution in [0.3, 0.4) is 0 Å². The number of rotatable bonds is 6. The molecular formula is C39H40IrNO2S-.